The predicted octanol–water partition coefficient (Wildman–Crippen LogP) is 2.90. The van der Waals surface area contributed by atoms with Crippen molar-refractivity contribution in [2.45, 2.75) is 26.9 Å². The Bertz CT molecular complexity index is 714. The van der Waals surface area contributed by atoms with Crippen LogP contribution in [-0.2, 0) is 13.1 Å². The molecule has 1 N–H and O–H groups in total. The van der Waals surface area contributed by atoms with Crippen LogP contribution < -0.4 is 5.32 Å². The molecular weight excluding hydrogens is 268 g/mol. The predicted molar refractivity (Wildman–Crippen MR) is 83.0 cm³/mol. The van der Waals surface area contributed by atoms with E-state index in [0.29, 0.717) is 0 Å². The van der Waals surface area contributed by atoms with Crippen molar-refractivity contribution in [2.75, 3.05) is 6.54 Å². The molecule has 0 unspecified atom stereocenters. The molecule has 0 saturated heterocycles. The molecule has 0 spiro atoms. The van der Waals surface area contributed by atoms with Gasteiger partial charge in [-0.15, -0.1) is 11.3 Å². The van der Waals surface area contributed by atoms with E-state index in [0.717, 1.165) is 41.7 Å². The molecule has 0 saturated carbocycles. The lowest BCUT2D eigenvalue weighted by Crippen LogP contribution is -2.20. The smallest absolute Gasteiger partial charge is 0.107 e. The van der Waals surface area contributed by atoms with Gasteiger partial charge in [0.15, 0.2) is 0 Å². The topological polar surface area (TPSA) is 42.7 Å². The summed E-state index contributed by atoms with van der Waals surface area (Å²) in [5, 5.41) is 6.68. The minimum absolute atomic E-state index is 0.837. The zero-order valence-corrected chi connectivity index (χ0v) is 12.6. The lowest BCUT2D eigenvalue weighted by Gasteiger charge is -2.07. The van der Waals surface area contributed by atoms with Crippen molar-refractivity contribution in [3.63, 3.8) is 0 Å². The minimum Gasteiger partial charge on any atom is -0.327 e. The minimum atomic E-state index is 0.837. The number of hydrogen-bond donors (Lipinski definition) is 1. The van der Waals surface area contributed by atoms with Crippen LogP contribution in [0.3, 0.4) is 0 Å². The standard InChI is InChI=1S/C15H18N4S/c1-11-10-20-15(17-11)9-16-7-8-19-12(2)18-13-5-3-4-6-14(13)19/h3-6,10,16H,7-9H2,1-2H3. The second-order valence-electron chi connectivity index (χ2n) is 4.86. The molecule has 2 aromatic heterocycles. The van der Waals surface area contributed by atoms with Gasteiger partial charge in [-0.05, 0) is 26.0 Å². The number of rotatable bonds is 5. The van der Waals surface area contributed by atoms with Gasteiger partial charge < -0.3 is 9.88 Å². The second kappa shape index (κ2) is 5.73. The first-order valence-corrected chi connectivity index (χ1v) is 7.65. The molecule has 20 heavy (non-hydrogen) atoms. The average Bonchev–Trinajstić information content (AvgIpc) is 2.98. The highest BCUT2D eigenvalue weighted by Crippen LogP contribution is 2.15. The summed E-state index contributed by atoms with van der Waals surface area (Å²) in [6, 6.07) is 8.28. The lowest BCUT2D eigenvalue weighted by atomic mass is 10.3. The van der Waals surface area contributed by atoms with Crippen LogP contribution in [0.5, 0.6) is 0 Å². The molecule has 0 aliphatic heterocycles. The molecule has 0 aliphatic carbocycles. The fourth-order valence-corrected chi connectivity index (χ4v) is 3.09. The molecule has 4 nitrogen and oxygen atoms in total. The van der Waals surface area contributed by atoms with Gasteiger partial charge in [0.05, 0.1) is 11.0 Å². The fourth-order valence-electron chi connectivity index (χ4n) is 2.35. The van der Waals surface area contributed by atoms with Crippen LogP contribution in [0.25, 0.3) is 11.0 Å². The Kier molecular flexibility index (Phi) is 3.80. The van der Waals surface area contributed by atoms with Gasteiger partial charge in [-0.2, -0.15) is 0 Å². The molecule has 0 bridgehead atoms. The largest absolute Gasteiger partial charge is 0.327 e. The Morgan fingerprint density at radius 1 is 1.20 bits per heavy atom. The van der Waals surface area contributed by atoms with Crippen molar-refractivity contribution in [1.29, 1.82) is 0 Å². The molecule has 0 atom stereocenters. The van der Waals surface area contributed by atoms with Crippen molar-refractivity contribution in [1.82, 2.24) is 19.9 Å². The van der Waals surface area contributed by atoms with E-state index in [1.807, 2.05) is 13.0 Å². The van der Waals surface area contributed by atoms with E-state index in [-0.39, 0.29) is 0 Å². The van der Waals surface area contributed by atoms with Crippen LogP contribution in [0.15, 0.2) is 29.6 Å². The van der Waals surface area contributed by atoms with Crippen molar-refractivity contribution >= 4 is 22.4 Å². The highest BCUT2D eigenvalue weighted by atomic mass is 32.1. The highest BCUT2D eigenvalue weighted by molar-refractivity contribution is 7.09. The van der Waals surface area contributed by atoms with E-state index < -0.39 is 0 Å². The number of para-hydroxylation sites is 2. The zero-order valence-electron chi connectivity index (χ0n) is 11.8. The van der Waals surface area contributed by atoms with Crippen molar-refractivity contribution < 1.29 is 0 Å². The third-order valence-corrected chi connectivity index (χ3v) is 4.27. The van der Waals surface area contributed by atoms with Gasteiger partial charge >= 0.3 is 0 Å². The Labute approximate surface area is 122 Å². The van der Waals surface area contributed by atoms with Gasteiger partial charge in [0, 0.05) is 30.7 Å². The van der Waals surface area contributed by atoms with Gasteiger partial charge in [-0.1, -0.05) is 12.1 Å². The molecule has 0 fully saturated rings. The number of hydrogen-bond acceptors (Lipinski definition) is 4. The van der Waals surface area contributed by atoms with Crippen LogP contribution in [0.4, 0.5) is 0 Å². The number of benzene rings is 1. The number of imidazole rings is 1. The summed E-state index contributed by atoms with van der Waals surface area (Å²) in [5.74, 6) is 1.07. The maximum absolute atomic E-state index is 4.58. The van der Waals surface area contributed by atoms with E-state index in [2.05, 4.69) is 50.4 Å². The molecule has 5 heteroatoms. The fraction of sp³-hybridized carbons (Fsp3) is 0.333. The first kappa shape index (κ1) is 13.3. The molecule has 2 heterocycles. The summed E-state index contributed by atoms with van der Waals surface area (Å²) in [5.41, 5.74) is 3.38. The van der Waals surface area contributed by atoms with Gasteiger partial charge in [-0.3, -0.25) is 0 Å². The van der Waals surface area contributed by atoms with Crippen LogP contribution in [-0.4, -0.2) is 21.1 Å². The van der Waals surface area contributed by atoms with Gasteiger partial charge in [0.1, 0.15) is 10.8 Å². The first-order valence-electron chi connectivity index (χ1n) is 6.77. The Hall–Kier alpha value is -1.72. The van der Waals surface area contributed by atoms with Crippen LogP contribution >= 0.6 is 11.3 Å². The van der Waals surface area contributed by atoms with Gasteiger partial charge in [0.2, 0.25) is 0 Å². The Balaban J connectivity index is 1.61. The van der Waals surface area contributed by atoms with Crippen LogP contribution in [0, 0.1) is 13.8 Å². The molecule has 104 valence electrons. The summed E-state index contributed by atoms with van der Waals surface area (Å²) in [7, 11) is 0. The van der Waals surface area contributed by atoms with E-state index in [1.54, 1.807) is 11.3 Å². The monoisotopic (exact) mass is 286 g/mol. The summed E-state index contributed by atoms with van der Waals surface area (Å²) < 4.78 is 2.26. The van der Waals surface area contributed by atoms with Crippen molar-refractivity contribution in [2.24, 2.45) is 0 Å². The average molecular weight is 286 g/mol. The third kappa shape index (κ3) is 2.73. The molecule has 0 radical (unpaired) electrons. The number of aryl methyl sites for hydroxylation is 2. The zero-order chi connectivity index (χ0) is 13.9. The SMILES string of the molecule is Cc1csc(CNCCn2c(C)nc3ccccc32)n1. The number of fused-ring (bicyclic) bond motifs is 1. The van der Waals surface area contributed by atoms with Crippen molar-refractivity contribution in [3.8, 4) is 0 Å². The van der Waals surface area contributed by atoms with Gasteiger partial charge in [0.25, 0.3) is 0 Å². The summed E-state index contributed by atoms with van der Waals surface area (Å²) >= 11 is 1.71. The molecular formula is C15H18N4S. The number of thiazole rings is 1. The molecule has 0 amide bonds. The number of nitrogens with zero attached hydrogens (tertiary/aromatic N) is 3. The maximum Gasteiger partial charge on any atom is 0.107 e. The molecule has 3 aromatic rings. The lowest BCUT2D eigenvalue weighted by molar-refractivity contribution is 0.596. The summed E-state index contributed by atoms with van der Waals surface area (Å²) in [4.78, 5) is 9.03. The van der Waals surface area contributed by atoms with E-state index in [1.165, 1.54) is 5.52 Å². The summed E-state index contributed by atoms with van der Waals surface area (Å²) in [6.07, 6.45) is 0. The molecule has 0 aliphatic rings. The highest BCUT2D eigenvalue weighted by Gasteiger charge is 2.06. The summed E-state index contributed by atoms with van der Waals surface area (Å²) in [6.45, 7) is 6.77. The van der Waals surface area contributed by atoms with Crippen LogP contribution in [0.2, 0.25) is 0 Å². The van der Waals surface area contributed by atoms with E-state index in [4.69, 9.17) is 0 Å². The van der Waals surface area contributed by atoms with Crippen molar-refractivity contribution in [3.05, 3.63) is 46.2 Å². The molecule has 3 rings (SSSR count). The van der Waals surface area contributed by atoms with Crippen LogP contribution in [0.1, 0.15) is 16.5 Å². The first-order chi connectivity index (χ1) is 9.74. The Morgan fingerprint density at radius 2 is 2.05 bits per heavy atom. The third-order valence-electron chi connectivity index (χ3n) is 3.30. The van der Waals surface area contributed by atoms with E-state index in [9.17, 15) is 0 Å². The quantitative estimate of drug-likeness (QED) is 0.733. The Morgan fingerprint density at radius 3 is 2.85 bits per heavy atom. The number of aromatic nitrogens is 3. The normalized spacial score (nSPS) is 11.3. The number of nitrogens with one attached hydrogen (secondary N) is 1. The second-order valence-corrected chi connectivity index (χ2v) is 5.80. The van der Waals surface area contributed by atoms with Gasteiger partial charge in [-0.25, -0.2) is 9.97 Å². The maximum atomic E-state index is 4.58. The molecule has 1 aromatic carbocycles. The van der Waals surface area contributed by atoms with E-state index >= 15 is 0 Å².